The Morgan fingerprint density at radius 2 is 1.80 bits per heavy atom. The van der Waals surface area contributed by atoms with Crippen LogP contribution in [0.25, 0.3) is 11.3 Å². The molecule has 3 aromatic rings. The van der Waals surface area contributed by atoms with Crippen molar-refractivity contribution >= 4 is 18.0 Å². The Kier molecular flexibility index (Phi) is 9.46. The number of aryl methyl sites for hydroxylation is 1. The summed E-state index contributed by atoms with van der Waals surface area (Å²) in [6, 6.07) is 13.6. The zero-order chi connectivity index (χ0) is 29.5. The van der Waals surface area contributed by atoms with Gasteiger partial charge >= 0.3 is 12.1 Å². The highest BCUT2D eigenvalue weighted by Gasteiger charge is 2.48. The fraction of sp³-hybridized carbons (Fsp3) is 0.346. The minimum Gasteiger partial charge on any atom is -0.479 e. The first-order valence-electron chi connectivity index (χ1n) is 12.5. The van der Waals surface area contributed by atoms with E-state index in [1.54, 1.807) is 10.9 Å². The highest BCUT2D eigenvalue weighted by molar-refractivity contribution is 5.97. The SMILES string of the molecule is NC(=O)OCc1ccc(O[C@@H]2O[C@H](C(=O)O)[C@@H](O)[C@H](O)[C@H]2O)c(C(=O)NCCCn2cc(-c3ccccc3)nn2)c1. The van der Waals surface area contributed by atoms with Crippen molar-refractivity contribution in [2.75, 3.05) is 6.54 Å². The summed E-state index contributed by atoms with van der Waals surface area (Å²) in [6.45, 7) is 0.421. The summed E-state index contributed by atoms with van der Waals surface area (Å²) >= 11 is 0. The van der Waals surface area contributed by atoms with E-state index in [-0.39, 0.29) is 24.5 Å². The monoisotopic (exact) mass is 571 g/mol. The largest absolute Gasteiger partial charge is 0.479 e. The predicted molar refractivity (Wildman–Crippen MR) is 138 cm³/mol. The van der Waals surface area contributed by atoms with Crippen LogP contribution in [0.5, 0.6) is 5.75 Å². The summed E-state index contributed by atoms with van der Waals surface area (Å²) in [4.78, 5) is 35.6. The number of aliphatic hydroxyl groups is 3. The van der Waals surface area contributed by atoms with Gasteiger partial charge in [0, 0.05) is 18.7 Å². The molecule has 0 spiro atoms. The molecule has 1 fully saturated rings. The van der Waals surface area contributed by atoms with Gasteiger partial charge in [0.15, 0.2) is 6.10 Å². The first-order valence-corrected chi connectivity index (χ1v) is 12.5. The Labute approximate surface area is 233 Å². The number of aliphatic hydroxyl groups excluding tert-OH is 3. The highest BCUT2D eigenvalue weighted by Crippen LogP contribution is 2.28. The van der Waals surface area contributed by atoms with Crippen LogP contribution in [0.15, 0.2) is 54.7 Å². The number of carboxylic acids is 1. The Bertz CT molecular complexity index is 1370. The lowest BCUT2D eigenvalue weighted by atomic mass is 9.99. The number of amides is 2. The van der Waals surface area contributed by atoms with Gasteiger partial charge in [-0.05, 0) is 24.1 Å². The number of ether oxygens (including phenoxy) is 3. The molecule has 0 unspecified atom stereocenters. The van der Waals surface area contributed by atoms with E-state index in [1.807, 2.05) is 30.3 Å². The maximum Gasteiger partial charge on any atom is 0.404 e. The normalized spacial score (nSPS) is 22.1. The summed E-state index contributed by atoms with van der Waals surface area (Å²) in [6.07, 6.45) is -8.02. The van der Waals surface area contributed by atoms with E-state index in [9.17, 15) is 34.8 Å². The topological polar surface area (TPSA) is 229 Å². The van der Waals surface area contributed by atoms with Crippen LogP contribution in [0, 0.1) is 0 Å². The summed E-state index contributed by atoms with van der Waals surface area (Å²) in [5.74, 6) is -2.33. The molecule has 0 radical (unpaired) electrons. The van der Waals surface area contributed by atoms with Gasteiger partial charge in [-0.3, -0.25) is 9.48 Å². The van der Waals surface area contributed by atoms with Crippen LogP contribution in [0.1, 0.15) is 22.3 Å². The summed E-state index contributed by atoms with van der Waals surface area (Å²) in [5, 5.41) is 50.6. The lowest BCUT2D eigenvalue weighted by Gasteiger charge is -2.38. The van der Waals surface area contributed by atoms with Crippen LogP contribution in [-0.4, -0.2) is 90.6 Å². The minimum atomic E-state index is -1.91. The summed E-state index contributed by atoms with van der Waals surface area (Å²) in [7, 11) is 0. The molecule has 1 aromatic heterocycles. The maximum absolute atomic E-state index is 13.1. The number of primary amides is 1. The fourth-order valence-corrected chi connectivity index (χ4v) is 4.06. The zero-order valence-corrected chi connectivity index (χ0v) is 21.6. The van der Waals surface area contributed by atoms with Crippen LogP contribution in [-0.2, 0) is 27.4 Å². The molecule has 2 aromatic carbocycles. The third kappa shape index (κ3) is 7.34. The van der Waals surface area contributed by atoms with Gasteiger partial charge in [-0.25, -0.2) is 9.59 Å². The molecule has 1 aliphatic rings. The number of nitrogens with one attached hydrogen (secondary N) is 1. The molecule has 1 saturated heterocycles. The molecule has 0 bridgehead atoms. The summed E-state index contributed by atoms with van der Waals surface area (Å²) in [5.41, 5.74) is 6.96. The van der Waals surface area contributed by atoms with Crippen molar-refractivity contribution in [3.05, 3.63) is 65.9 Å². The second-order valence-electron chi connectivity index (χ2n) is 9.13. The Balaban J connectivity index is 1.43. The summed E-state index contributed by atoms with van der Waals surface area (Å²) < 4.78 is 17.2. The van der Waals surface area contributed by atoms with E-state index in [0.29, 0.717) is 24.2 Å². The van der Waals surface area contributed by atoms with Crippen molar-refractivity contribution < 1.29 is 49.0 Å². The average Bonchev–Trinajstić information content (AvgIpc) is 3.44. The number of nitrogens with zero attached hydrogens (tertiary/aromatic N) is 3. The van der Waals surface area contributed by atoms with Gasteiger partial charge in [0.25, 0.3) is 5.91 Å². The quantitative estimate of drug-likeness (QED) is 0.162. The van der Waals surface area contributed by atoms with E-state index in [2.05, 4.69) is 15.6 Å². The number of carboxylic acid groups (broad SMARTS) is 1. The van der Waals surface area contributed by atoms with Gasteiger partial charge in [-0.1, -0.05) is 41.6 Å². The van der Waals surface area contributed by atoms with Crippen molar-refractivity contribution in [2.24, 2.45) is 5.73 Å². The molecule has 15 heteroatoms. The minimum absolute atomic E-state index is 0.0639. The van der Waals surface area contributed by atoms with Crippen LogP contribution in [0.2, 0.25) is 0 Å². The van der Waals surface area contributed by atoms with Crippen molar-refractivity contribution in [1.29, 1.82) is 0 Å². The number of benzene rings is 2. The van der Waals surface area contributed by atoms with Gasteiger partial charge in [0.2, 0.25) is 6.29 Å². The molecule has 4 rings (SSSR count). The van der Waals surface area contributed by atoms with Crippen molar-refractivity contribution in [2.45, 2.75) is 50.3 Å². The molecule has 2 amide bonds. The Morgan fingerprint density at radius 3 is 2.51 bits per heavy atom. The van der Waals surface area contributed by atoms with Crippen LogP contribution >= 0.6 is 0 Å². The molecule has 15 nitrogen and oxygen atoms in total. The van der Waals surface area contributed by atoms with Gasteiger partial charge in [0.05, 0.1) is 11.8 Å². The van der Waals surface area contributed by atoms with Crippen molar-refractivity contribution in [3.8, 4) is 17.0 Å². The molecule has 0 aliphatic carbocycles. The molecule has 1 aliphatic heterocycles. The standard InChI is InChI=1S/C26H29N5O10/c27-26(38)39-13-14-7-8-18(40-25-21(34)19(32)20(33)22(41-25)24(36)37)16(11-14)23(35)28-9-4-10-31-12-17(29-30-31)15-5-2-1-3-6-15/h1-3,5-8,11-12,19-22,25,32-34H,4,9-10,13H2,(H2,27,38)(H,28,35)(H,36,37)/t19-,20-,21+,22-,25+/m0/s1. The lowest BCUT2D eigenvalue weighted by Crippen LogP contribution is -2.61. The van der Waals surface area contributed by atoms with Gasteiger partial charge < -0.3 is 45.7 Å². The zero-order valence-electron chi connectivity index (χ0n) is 21.6. The average molecular weight is 572 g/mol. The van der Waals surface area contributed by atoms with Gasteiger partial charge in [0.1, 0.15) is 36.4 Å². The van der Waals surface area contributed by atoms with Crippen LogP contribution in [0.4, 0.5) is 4.79 Å². The predicted octanol–water partition coefficient (Wildman–Crippen LogP) is -0.368. The van der Waals surface area contributed by atoms with Crippen LogP contribution in [0.3, 0.4) is 0 Å². The molecular weight excluding hydrogens is 542 g/mol. The van der Waals surface area contributed by atoms with E-state index in [0.717, 1.165) is 5.56 Å². The molecule has 7 N–H and O–H groups in total. The molecule has 5 atom stereocenters. The fourth-order valence-electron chi connectivity index (χ4n) is 4.06. The number of aliphatic carboxylic acids is 1. The smallest absolute Gasteiger partial charge is 0.404 e. The molecule has 218 valence electrons. The number of hydrogen-bond donors (Lipinski definition) is 6. The molecule has 41 heavy (non-hydrogen) atoms. The van der Waals surface area contributed by atoms with Crippen molar-refractivity contribution in [3.63, 3.8) is 0 Å². The van der Waals surface area contributed by atoms with Gasteiger partial charge in [-0.2, -0.15) is 0 Å². The van der Waals surface area contributed by atoms with Gasteiger partial charge in [-0.15, -0.1) is 5.10 Å². The molecule has 2 heterocycles. The van der Waals surface area contributed by atoms with E-state index in [1.165, 1.54) is 18.2 Å². The molecule has 0 saturated carbocycles. The first kappa shape index (κ1) is 29.4. The Morgan fingerprint density at radius 1 is 1.05 bits per heavy atom. The lowest BCUT2D eigenvalue weighted by molar-refractivity contribution is -0.271. The van der Waals surface area contributed by atoms with Crippen molar-refractivity contribution in [1.82, 2.24) is 20.3 Å². The first-order chi connectivity index (χ1) is 19.6. The van der Waals surface area contributed by atoms with Crippen LogP contribution < -0.4 is 15.8 Å². The van der Waals surface area contributed by atoms with E-state index >= 15 is 0 Å². The van der Waals surface area contributed by atoms with E-state index < -0.39 is 48.7 Å². The number of carbonyl (C=O) groups excluding carboxylic acids is 2. The second kappa shape index (κ2) is 13.2. The maximum atomic E-state index is 13.1. The number of rotatable bonds is 11. The number of nitrogens with two attached hydrogens (primary N) is 1. The third-order valence-corrected chi connectivity index (χ3v) is 6.18. The van der Waals surface area contributed by atoms with E-state index in [4.69, 9.17) is 19.9 Å². The highest BCUT2D eigenvalue weighted by atomic mass is 16.7. The number of aromatic nitrogens is 3. The number of carbonyl (C=O) groups is 3. The molecular formula is C26H29N5O10. The third-order valence-electron chi connectivity index (χ3n) is 6.18. The second-order valence-corrected chi connectivity index (χ2v) is 9.13. The number of hydrogen-bond acceptors (Lipinski definition) is 11. The Hall–Kier alpha value is -4.57.